The minimum atomic E-state index is -0.200. The van der Waals surface area contributed by atoms with Crippen LogP contribution in [0.15, 0.2) is 12.5 Å². The van der Waals surface area contributed by atoms with Crippen molar-refractivity contribution in [3.63, 3.8) is 0 Å². The third-order valence-electron chi connectivity index (χ3n) is 2.33. The molecule has 17 heavy (non-hydrogen) atoms. The lowest BCUT2D eigenvalue weighted by atomic mass is 10.3. The van der Waals surface area contributed by atoms with Crippen LogP contribution in [-0.4, -0.2) is 34.3 Å². The van der Waals surface area contributed by atoms with E-state index in [2.05, 4.69) is 14.9 Å². The van der Waals surface area contributed by atoms with Gasteiger partial charge in [0, 0.05) is 24.8 Å². The van der Waals surface area contributed by atoms with Gasteiger partial charge in [-0.3, -0.25) is 0 Å². The van der Waals surface area contributed by atoms with Crippen LogP contribution in [-0.2, 0) is 0 Å². The maximum atomic E-state index is 9.37. The molecule has 98 valence electrons. The van der Waals surface area contributed by atoms with Gasteiger partial charge in [-0.05, 0) is 13.3 Å². The van der Waals surface area contributed by atoms with Gasteiger partial charge in [0.15, 0.2) is 0 Å². The van der Waals surface area contributed by atoms with Crippen molar-refractivity contribution < 1.29 is 5.11 Å². The normalized spacial score (nSPS) is 17.8. The second-order valence-corrected chi connectivity index (χ2v) is 3.42. The van der Waals surface area contributed by atoms with Crippen molar-refractivity contribution in [3.05, 3.63) is 18.1 Å². The average Bonchev–Trinajstić information content (AvgIpc) is 2.81. The van der Waals surface area contributed by atoms with Crippen LogP contribution >= 0.6 is 0 Å². The number of aliphatic hydroxyl groups excluding tert-OH is 1. The minimum Gasteiger partial charge on any atom is -0.391 e. The van der Waals surface area contributed by atoms with Crippen LogP contribution < -0.4 is 4.90 Å². The summed E-state index contributed by atoms with van der Waals surface area (Å²) in [4.78, 5) is 10.2. The minimum absolute atomic E-state index is 0.200. The van der Waals surface area contributed by atoms with E-state index in [0.29, 0.717) is 6.54 Å². The molecular weight excluding hydrogens is 214 g/mol. The highest BCUT2D eigenvalue weighted by Crippen LogP contribution is 2.20. The smallest absolute Gasteiger partial charge is 0.134 e. The Morgan fingerprint density at radius 3 is 2.41 bits per heavy atom. The first kappa shape index (κ1) is 15.8. The monoisotopic (exact) mass is 239 g/mol. The summed E-state index contributed by atoms with van der Waals surface area (Å²) in [5, 5.41) is 9.37. The van der Waals surface area contributed by atoms with E-state index >= 15 is 0 Å². The zero-order chi connectivity index (χ0) is 13.3. The van der Waals surface area contributed by atoms with Crippen LogP contribution in [0.4, 0.5) is 5.82 Å². The van der Waals surface area contributed by atoms with Crippen molar-refractivity contribution >= 4 is 5.82 Å². The third-order valence-corrected chi connectivity index (χ3v) is 2.33. The maximum Gasteiger partial charge on any atom is 0.134 e. The molecule has 0 amide bonds. The van der Waals surface area contributed by atoms with Gasteiger partial charge >= 0.3 is 0 Å². The van der Waals surface area contributed by atoms with Crippen molar-refractivity contribution in [1.82, 2.24) is 9.97 Å². The molecule has 1 atom stereocenters. The van der Waals surface area contributed by atoms with Gasteiger partial charge in [-0.2, -0.15) is 0 Å². The summed E-state index contributed by atoms with van der Waals surface area (Å²) in [6, 6.07) is 0. The highest BCUT2D eigenvalue weighted by atomic mass is 16.3. The quantitative estimate of drug-likeness (QED) is 0.817. The standard InChI is InChI=1S/C9H13N3O.2C2H6/c1-7-4-10-6-11-9(7)12-3-2-8(13)5-12;2*1-2/h4,6,8,13H,2-3,5H2,1H3;2*1-2H3/t8-;;/m1../s1. The molecule has 1 fully saturated rings. The molecule has 2 rings (SSSR count). The van der Waals surface area contributed by atoms with Crippen molar-refractivity contribution in [2.75, 3.05) is 18.0 Å². The molecule has 0 saturated carbocycles. The fourth-order valence-electron chi connectivity index (χ4n) is 1.66. The SMILES string of the molecule is CC.CC.Cc1cncnc1N1CC[C@@H](O)C1. The average molecular weight is 239 g/mol. The predicted octanol–water partition coefficient (Wildman–Crippen LogP) is 2.41. The van der Waals surface area contributed by atoms with E-state index in [1.54, 1.807) is 12.5 Å². The Hall–Kier alpha value is -1.16. The first-order chi connectivity index (χ1) is 8.27. The number of aliphatic hydroxyl groups is 1. The lowest BCUT2D eigenvalue weighted by Gasteiger charge is -2.17. The maximum absolute atomic E-state index is 9.37. The molecule has 0 aliphatic carbocycles. The number of β-amino-alcohol motifs (C(OH)–C–C–N with tert-alkyl or cyclic N) is 1. The van der Waals surface area contributed by atoms with E-state index in [1.807, 2.05) is 34.6 Å². The van der Waals surface area contributed by atoms with E-state index in [4.69, 9.17) is 0 Å². The summed E-state index contributed by atoms with van der Waals surface area (Å²) in [6.45, 7) is 11.6. The number of nitrogens with zero attached hydrogens (tertiary/aromatic N) is 3. The summed E-state index contributed by atoms with van der Waals surface area (Å²) in [7, 11) is 0. The van der Waals surface area contributed by atoms with Gasteiger partial charge in [-0.1, -0.05) is 27.7 Å². The molecule has 1 N–H and O–H groups in total. The number of anilines is 1. The Balaban J connectivity index is 0.000000581. The zero-order valence-corrected chi connectivity index (χ0v) is 11.6. The van der Waals surface area contributed by atoms with E-state index in [-0.39, 0.29) is 6.10 Å². The van der Waals surface area contributed by atoms with Gasteiger partial charge in [-0.25, -0.2) is 9.97 Å². The van der Waals surface area contributed by atoms with Crippen molar-refractivity contribution in [1.29, 1.82) is 0 Å². The Labute approximate surface area is 105 Å². The molecule has 2 heterocycles. The van der Waals surface area contributed by atoms with Crippen LogP contribution in [0.3, 0.4) is 0 Å². The van der Waals surface area contributed by atoms with Gasteiger partial charge in [0.25, 0.3) is 0 Å². The van der Waals surface area contributed by atoms with E-state index in [0.717, 1.165) is 24.3 Å². The number of aromatic nitrogens is 2. The summed E-state index contributed by atoms with van der Waals surface area (Å²) in [5.74, 6) is 0.951. The second kappa shape index (κ2) is 8.93. The van der Waals surface area contributed by atoms with Crippen LogP contribution in [0, 0.1) is 6.92 Å². The van der Waals surface area contributed by atoms with E-state index < -0.39 is 0 Å². The molecule has 0 spiro atoms. The van der Waals surface area contributed by atoms with Crippen molar-refractivity contribution in [2.45, 2.75) is 47.1 Å². The molecule has 1 aromatic rings. The lowest BCUT2D eigenvalue weighted by Crippen LogP contribution is -2.23. The van der Waals surface area contributed by atoms with E-state index in [1.165, 1.54) is 0 Å². The Bertz CT molecular complexity index is 304. The highest BCUT2D eigenvalue weighted by Gasteiger charge is 2.22. The molecule has 0 unspecified atom stereocenters. The molecule has 4 nitrogen and oxygen atoms in total. The fraction of sp³-hybridized carbons (Fsp3) is 0.692. The lowest BCUT2D eigenvalue weighted by molar-refractivity contribution is 0.198. The number of aryl methyl sites for hydroxylation is 1. The van der Waals surface area contributed by atoms with E-state index in [9.17, 15) is 5.11 Å². The highest BCUT2D eigenvalue weighted by molar-refractivity contribution is 5.45. The van der Waals surface area contributed by atoms with Gasteiger partial charge < -0.3 is 10.0 Å². The second-order valence-electron chi connectivity index (χ2n) is 3.42. The molecule has 1 aliphatic heterocycles. The third kappa shape index (κ3) is 4.69. The molecule has 1 aromatic heterocycles. The van der Waals surface area contributed by atoms with Gasteiger partial charge in [-0.15, -0.1) is 0 Å². The van der Waals surface area contributed by atoms with Crippen LogP contribution in [0.5, 0.6) is 0 Å². The Morgan fingerprint density at radius 1 is 1.29 bits per heavy atom. The fourth-order valence-corrected chi connectivity index (χ4v) is 1.66. The molecule has 0 radical (unpaired) electrons. The number of hydrogen-bond acceptors (Lipinski definition) is 4. The number of rotatable bonds is 1. The number of hydrogen-bond donors (Lipinski definition) is 1. The molecule has 4 heteroatoms. The topological polar surface area (TPSA) is 49.2 Å². The van der Waals surface area contributed by atoms with Crippen molar-refractivity contribution in [3.8, 4) is 0 Å². The first-order valence-electron chi connectivity index (χ1n) is 6.47. The largest absolute Gasteiger partial charge is 0.391 e. The van der Waals surface area contributed by atoms with Crippen LogP contribution in [0.1, 0.15) is 39.7 Å². The van der Waals surface area contributed by atoms with Gasteiger partial charge in [0.2, 0.25) is 0 Å². The molecular formula is C13H25N3O. The molecule has 1 aliphatic rings. The van der Waals surface area contributed by atoms with Crippen LogP contribution in [0.2, 0.25) is 0 Å². The molecule has 0 aromatic carbocycles. The summed E-state index contributed by atoms with van der Waals surface area (Å²) >= 11 is 0. The predicted molar refractivity (Wildman–Crippen MR) is 72.3 cm³/mol. The zero-order valence-electron chi connectivity index (χ0n) is 11.6. The van der Waals surface area contributed by atoms with Crippen LogP contribution in [0.25, 0.3) is 0 Å². The first-order valence-corrected chi connectivity index (χ1v) is 6.47. The Morgan fingerprint density at radius 2 is 1.94 bits per heavy atom. The summed E-state index contributed by atoms with van der Waals surface area (Å²) in [6.07, 6.45) is 3.98. The molecule has 1 saturated heterocycles. The van der Waals surface area contributed by atoms with Gasteiger partial charge in [0.1, 0.15) is 12.1 Å². The molecule has 0 bridgehead atoms. The summed E-state index contributed by atoms with van der Waals surface area (Å²) < 4.78 is 0. The van der Waals surface area contributed by atoms with Gasteiger partial charge in [0.05, 0.1) is 6.10 Å². The Kier molecular flexibility index (Phi) is 8.32. The van der Waals surface area contributed by atoms with Crippen molar-refractivity contribution in [2.24, 2.45) is 0 Å². The summed E-state index contributed by atoms with van der Waals surface area (Å²) in [5.41, 5.74) is 1.07.